The van der Waals surface area contributed by atoms with Crippen LogP contribution in [0.2, 0.25) is 0 Å². The van der Waals surface area contributed by atoms with Crippen molar-refractivity contribution in [2.75, 3.05) is 0 Å². The van der Waals surface area contributed by atoms with Gasteiger partial charge in [0.1, 0.15) is 6.10 Å². The number of esters is 4. The number of ether oxygens (including phenoxy) is 4. The average molecular weight is 445 g/mol. The average Bonchev–Trinajstić information content (AvgIpc) is 2.67. The first-order valence-electron chi connectivity index (χ1n) is 10.5. The minimum absolute atomic E-state index is 0.297. The molecule has 0 radical (unpaired) electrons. The molecule has 0 aliphatic rings. The summed E-state index contributed by atoms with van der Waals surface area (Å²) in [5.74, 6) is -4.81. The zero-order valence-electron chi connectivity index (χ0n) is 19.9. The van der Waals surface area contributed by atoms with Crippen LogP contribution in [0.4, 0.5) is 0 Å². The third-order valence-corrected chi connectivity index (χ3v) is 4.19. The van der Waals surface area contributed by atoms with Crippen molar-refractivity contribution in [1.82, 2.24) is 0 Å². The highest BCUT2D eigenvalue weighted by Crippen LogP contribution is 2.22. The fourth-order valence-corrected chi connectivity index (χ4v) is 2.12. The van der Waals surface area contributed by atoms with Gasteiger partial charge >= 0.3 is 23.9 Å². The lowest BCUT2D eigenvalue weighted by Crippen LogP contribution is -2.52. The predicted octanol–water partition coefficient (Wildman–Crippen LogP) is 2.48. The molecule has 0 N–H and O–H groups in total. The minimum atomic E-state index is -1.57. The Bertz CT molecular complexity index is 637. The molecule has 0 saturated carbocycles. The van der Waals surface area contributed by atoms with Gasteiger partial charge in [-0.15, -0.1) is 0 Å². The molecule has 0 fully saturated rings. The summed E-state index contributed by atoms with van der Waals surface area (Å²) in [6.45, 7) is 14.2. The largest absolute Gasteiger partial charge is 0.458 e. The van der Waals surface area contributed by atoms with Gasteiger partial charge in [0.2, 0.25) is 0 Å². The van der Waals surface area contributed by atoms with Crippen molar-refractivity contribution < 1.29 is 42.9 Å². The van der Waals surface area contributed by atoms with E-state index in [0.717, 1.165) is 0 Å². The smallest absolute Gasteiger partial charge is 0.309 e. The Morgan fingerprint density at radius 1 is 0.516 bits per heavy atom. The van der Waals surface area contributed by atoms with Crippen LogP contribution in [-0.2, 0) is 42.9 Å². The van der Waals surface area contributed by atoms with Gasteiger partial charge in [0, 0.05) is 0 Å². The maximum atomic E-state index is 12.3. The molecule has 9 nitrogen and oxygen atoms in total. The van der Waals surface area contributed by atoms with Crippen molar-refractivity contribution in [3.05, 3.63) is 0 Å². The Hall–Kier alpha value is -2.45. The molecule has 0 unspecified atom stereocenters. The normalized spacial score (nSPS) is 15.3. The van der Waals surface area contributed by atoms with Crippen LogP contribution < -0.4 is 0 Å². The summed E-state index contributed by atoms with van der Waals surface area (Å²) >= 11 is 0. The van der Waals surface area contributed by atoms with E-state index >= 15 is 0 Å². The maximum absolute atomic E-state index is 12.3. The van der Waals surface area contributed by atoms with Gasteiger partial charge in [-0.05, 0) is 6.92 Å². The molecule has 0 rings (SSSR count). The monoisotopic (exact) mass is 444 g/mol. The molecule has 0 amide bonds. The molecule has 4 atom stereocenters. The third-order valence-electron chi connectivity index (χ3n) is 4.19. The van der Waals surface area contributed by atoms with E-state index < -0.39 is 72.0 Å². The van der Waals surface area contributed by atoms with Crippen LogP contribution in [0.25, 0.3) is 0 Å². The first-order chi connectivity index (χ1) is 14.2. The summed E-state index contributed by atoms with van der Waals surface area (Å²) in [7, 11) is 0. The van der Waals surface area contributed by atoms with Gasteiger partial charge in [-0.2, -0.15) is 0 Å². The van der Waals surface area contributed by atoms with Crippen LogP contribution in [-0.4, -0.2) is 54.6 Å². The van der Waals surface area contributed by atoms with Gasteiger partial charge in [-0.3, -0.25) is 24.0 Å². The first kappa shape index (κ1) is 28.5. The Kier molecular flexibility index (Phi) is 12.0. The maximum Gasteiger partial charge on any atom is 0.309 e. The molecular weight excluding hydrogens is 408 g/mol. The Balaban J connectivity index is 6.20. The van der Waals surface area contributed by atoms with Crippen molar-refractivity contribution >= 4 is 30.2 Å². The highest BCUT2D eigenvalue weighted by Gasteiger charge is 2.43. The minimum Gasteiger partial charge on any atom is -0.458 e. The zero-order valence-corrected chi connectivity index (χ0v) is 19.9. The van der Waals surface area contributed by atoms with E-state index in [1.807, 2.05) is 0 Å². The molecule has 0 saturated heterocycles. The molecule has 178 valence electrons. The molecule has 0 bridgehead atoms. The highest BCUT2D eigenvalue weighted by atomic mass is 16.6. The topological polar surface area (TPSA) is 122 Å². The molecule has 0 aliphatic carbocycles. The van der Waals surface area contributed by atoms with Crippen molar-refractivity contribution in [3.63, 3.8) is 0 Å². The van der Waals surface area contributed by atoms with E-state index in [1.54, 1.807) is 55.4 Å². The highest BCUT2D eigenvalue weighted by molar-refractivity contribution is 5.76. The lowest BCUT2D eigenvalue weighted by Gasteiger charge is -2.34. The van der Waals surface area contributed by atoms with E-state index in [0.29, 0.717) is 6.29 Å². The number of hydrogen-bond acceptors (Lipinski definition) is 9. The predicted molar refractivity (Wildman–Crippen MR) is 111 cm³/mol. The summed E-state index contributed by atoms with van der Waals surface area (Å²) in [6, 6.07) is 0. The summed E-state index contributed by atoms with van der Waals surface area (Å²) in [4.78, 5) is 60.7. The van der Waals surface area contributed by atoms with Crippen LogP contribution in [0, 0.1) is 23.7 Å². The number of carbonyl (C=O) groups excluding carboxylic acids is 5. The van der Waals surface area contributed by atoms with Gasteiger partial charge in [-0.25, -0.2) is 0 Å². The van der Waals surface area contributed by atoms with Crippen molar-refractivity contribution in [2.24, 2.45) is 23.7 Å². The molecule has 9 heteroatoms. The van der Waals surface area contributed by atoms with E-state index in [1.165, 1.54) is 6.92 Å². The quantitative estimate of drug-likeness (QED) is 0.254. The molecule has 0 heterocycles. The second-order valence-corrected chi connectivity index (χ2v) is 8.60. The summed E-state index contributed by atoms with van der Waals surface area (Å²) < 4.78 is 21.5. The van der Waals surface area contributed by atoms with Crippen LogP contribution in [0.15, 0.2) is 0 Å². The van der Waals surface area contributed by atoms with Gasteiger partial charge in [0.25, 0.3) is 0 Å². The number of hydrogen-bond donors (Lipinski definition) is 0. The molecular formula is C22H36O9. The van der Waals surface area contributed by atoms with Crippen molar-refractivity contribution in [3.8, 4) is 0 Å². The van der Waals surface area contributed by atoms with E-state index in [-0.39, 0.29) is 0 Å². The number of aldehydes is 1. The molecule has 0 spiro atoms. The van der Waals surface area contributed by atoms with Gasteiger partial charge in [0.05, 0.1) is 23.7 Å². The van der Waals surface area contributed by atoms with Crippen LogP contribution in [0.1, 0.15) is 62.3 Å². The van der Waals surface area contributed by atoms with Crippen LogP contribution >= 0.6 is 0 Å². The Morgan fingerprint density at radius 2 is 0.839 bits per heavy atom. The lowest BCUT2D eigenvalue weighted by atomic mass is 10.0. The standard InChI is InChI=1S/C22H36O9/c1-11(2)19(24)28-15(9)17(30-21(26)13(5)6)18(31-22(27)14(7)8)16(10-23)29-20(25)12(3)4/h10-18H,1-9H3/t15-,16+,17+,18-/m1/s1. The lowest BCUT2D eigenvalue weighted by molar-refractivity contribution is -0.202. The fourth-order valence-electron chi connectivity index (χ4n) is 2.12. The van der Waals surface area contributed by atoms with Crippen LogP contribution in [0.3, 0.4) is 0 Å². The SMILES string of the molecule is CC(C)C(=O)O[C@H]([C@H](OC(=O)C(C)C)[C@H](C=O)OC(=O)C(C)C)[C@@H](C)OC(=O)C(C)C. The Morgan fingerprint density at radius 3 is 1.19 bits per heavy atom. The molecule has 31 heavy (non-hydrogen) atoms. The summed E-state index contributed by atoms with van der Waals surface area (Å²) in [5, 5.41) is 0. The molecule has 0 aliphatic heterocycles. The third kappa shape index (κ3) is 9.48. The second kappa shape index (κ2) is 13.1. The van der Waals surface area contributed by atoms with Crippen LogP contribution in [0.5, 0.6) is 0 Å². The van der Waals surface area contributed by atoms with Crippen molar-refractivity contribution in [1.29, 1.82) is 0 Å². The second-order valence-electron chi connectivity index (χ2n) is 8.60. The van der Waals surface area contributed by atoms with E-state index in [2.05, 4.69) is 0 Å². The van der Waals surface area contributed by atoms with Gasteiger partial charge < -0.3 is 18.9 Å². The first-order valence-corrected chi connectivity index (χ1v) is 10.5. The van der Waals surface area contributed by atoms with Crippen molar-refractivity contribution in [2.45, 2.75) is 86.7 Å². The van der Waals surface area contributed by atoms with Gasteiger partial charge in [-0.1, -0.05) is 55.4 Å². The number of carbonyl (C=O) groups is 5. The van der Waals surface area contributed by atoms with E-state index in [4.69, 9.17) is 18.9 Å². The summed E-state index contributed by atoms with van der Waals surface area (Å²) in [5.41, 5.74) is 0. The molecule has 0 aromatic rings. The molecule has 0 aromatic heterocycles. The Labute approximate surface area is 184 Å². The van der Waals surface area contributed by atoms with E-state index in [9.17, 15) is 24.0 Å². The molecule has 0 aromatic carbocycles. The fraction of sp³-hybridized carbons (Fsp3) is 0.773. The zero-order chi connectivity index (χ0) is 24.5. The summed E-state index contributed by atoms with van der Waals surface area (Å²) in [6.07, 6.45) is -5.25. The van der Waals surface area contributed by atoms with Gasteiger partial charge in [0.15, 0.2) is 24.6 Å². The number of rotatable bonds is 12.